The monoisotopic (exact) mass is 632 g/mol. The van der Waals surface area contributed by atoms with Crippen molar-refractivity contribution in [1.29, 1.82) is 0 Å². The number of rotatable bonds is 6. The number of sulfonamides is 1. The Balaban J connectivity index is 1.43. The molecule has 2 N–H and O–H groups in total. The lowest BCUT2D eigenvalue weighted by Crippen LogP contribution is -2.29. The molecule has 0 aliphatic carbocycles. The van der Waals surface area contributed by atoms with E-state index in [-0.39, 0.29) is 34.7 Å². The van der Waals surface area contributed by atoms with Crippen molar-refractivity contribution in [3.63, 3.8) is 0 Å². The molecule has 3 aromatic carbocycles. The summed E-state index contributed by atoms with van der Waals surface area (Å²) in [5.41, 5.74) is 3.97. The molecule has 0 saturated carbocycles. The molecule has 9 heteroatoms. The van der Waals surface area contributed by atoms with Crippen molar-refractivity contribution in [2.24, 2.45) is 11.8 Å². The zero-order valence-corrected chi connectivity index (χ0v) is 23.8. The van der Waals surface area contributed by atoms with Crippen LogP contribution in [0.15, 0.2) is 74.5 Å². The van der Waals surface area contributed by atoms with E-state index in [1.54, 1.807) is 30.3 Å². The number of nitrogens with one attached hydrogen (secondary N) is 2. The van der Waals surface area contributed by atoms with Gasteiger partial charge in [0, 0.05) is 44.2 Å². The van der Waals surface area contributed by atoms with Crippen molar-refractivity contribution in [3.05, 3.63) is 86.3 Å². The number of carbonyl (C=O) groups excluding carboxylic acids is 1. The molecule has 2 heterocycles. The average Bonchev–Trinajstić information content (AvgIpc) is 3.35. The quantitative estimate of drug-likeness (QED) is 0.283. The second-order valence-corrected chi connectivity index (χ2v) is 12.9. The molecule has 36 heavy (non-hydrogen) atoms. The second kappa shape index (κ2) is 9.93. The summed E-state index contributed by atoms with van der Waals surface area (Å²) in [5.74, 6) is 0.231. The summed E-state index contributed by atoms with van der Waals surface area (Å²) in [6, 6.07) is 18.1. The number of hydrogen-bond donors (Lipinski definition) is 2. The minimum absolute atomic E-state index is 0.00824. The van der Waals surface area contributed by atoms with E-state index in [0.29, 0.717) is 17.9 Å². The molecule has 0 spiro atoms. The van der Waals surface area contributed by atoms with Gasteiger partial charge in [-0.2, -0.15) is 0 Å². The van der Waals surface area contributed by atoms with Crippen molar-refractivity contribution in [3.8, 4) is 0 Å². The van der Waals surface area contributed by atoms with E-state index in [1.165, 1.54) is 0 Å². The fraction of sp³-hybridized carbons (Fsp3) is 0.296. The number of benzene rings is 3. The van der Waals surface area contributed by atoms with Crippen LogP contribution in [0.5, 0.6) is 0 Å². The molecular weight excluding hydrogens is 608 g/mol. The number of carbonyl (C=O) groups is 1. The van der Waals surface area contributed by atoms with Crippen LogP contribution in [0.3, 0.4) is 0 Å². The topological polar surface area (TPSA) is 84.5 Å². The molecule has 3 unspecified atom stereocenters. The third kappa shape index (κ3) is 4.86. The van der Waals surface area contributed by atoms with Crippen LogP contribution in [-0.2, 0) is 14.8 Å². The fourth-order valence-electron chi connectivity index (χ4n) is 4.91. The average molecular weight is 634 g/mol. The van der Waals surface area contributed by atoms with E-state index >= 15 is 0 Å². The van der Waals surface area contributed by atoms with Gasteiger partial charge in [0.25, 0.3) is 10.0 Å². The lowest BCUT2D eigenvalue weighted by atomic mass is 9.81. The minimum Gasteiger partial charge on any atom is -0.378 e. The Morgan fingerprint density at radius 1 is 1.03 bits per heavy atom. The molecule has 0 aromatic heterocycles. The van der Waals surface area contributed by atoms with Gasteiger partial charge < -0.3 is 10.1 Å². The highest BCUT2D eigenvalue weighted by atomic mass is 79.9. The molecule has 6 nitrogen and oxygen atoms in total. The molecular formula is C27H26Br2N2O4S. The van der Waals surface area contributed by atoms with Crippen LogP contribution in [0, 0.1) is 11.8 Å². The first-order chi connectivity index (χ1) is 17.1. The van der Waals surface area contributed by atoms with Crippen molar-refractivity contribution < 1.29 is 17.9 Å². The van der Waals surface area contributed by atoms with Crippen molar-refractivity contribution in [2.75, 3.05) is 16.6 Å². The van der Waals surface area contributed by atoms with Gasteiger partial charge in [-0.25, -0.2) is 8.42 Å². The number of Topliss-reactive ketones (excluding diaryl/α,β-unsaturated/α-hetero) is 1. The molecule has 5 rings (SSSR count). The maximum Gasteiger partial charge on any atom is 0.261 e. The van der Waals surface area contributed by atoms with Crippen LogP contribution in [-0.4, -0.2) is 20.8 Å². The highest BCUT2D eigenvalue weighted by Crippen LogP contribution is 2.50. The van der Waals surface area contributed by atoms with Crippen molar-refractivity contribution in [1.82, 2.24) is 0 Å². The Labute approximate surface area is 228 Å². The number of anilines is 2. The molecule has 0 radical (unpaired) electrons. The summed E-state index contributed by atoms with van der Waals surface area (Å²) in [7, 11) is -3.79. The maximum atomic E-state index is 13.2. The van der Waals surface area contributed by atoms with Gasteiger partial charge in [0.1, 0.15) is 0 Å². The molecule has 188 valence electrons. The molecule has 2 aliphatic rings. The SMILES string of the molecule is CC(C)C(=O)c1ccc(C2Nc3ccc(S(=O)(=O)Nc4ccc(Br)c(Br)c4)cc3C3OCCC23)cc1. The van der Waals surface area contributed by atoms with Crippen LogP contribution < -0.4 is 10.0 Å². The van der Waals surface area contributed by atoms with Gasteiger partial charge >= 0.3 is 0 Å². The first kappa shape index (κ1) is 25.4. The summed E-state index contributed by atoms with van der Waals surface area (Å²) in [5, 5.41) is 3.61. The third-order valence-corrected chi connectivity index (χ3v) is 10.0. The van der Waals surface area contributed by atoms with E-state index in [9.17, 15) is 13.2 Å². The van der Waals surface area contributed by atoms with Crippen LogP contribution in [0.4, 0.5) is 11.4 Å². The van der Waals surface area contributed by atoms with E-state index in [4.69, 9.17) is 4.74 Å². The number of hydrogen-bond acceptors (Lipinski definition) is 5. The summed E-state index contributed by atoms with van der Waals surface area (Å²) >= 11 is 6.81. The lowest BCUT2D eigenvalue weighted by Gasteiger charge is -2.36. The summed E-state index contributed by atoms with van der Waals surface area (Å²) in [6.07, 6.45) is 0.650. The van der Waals surface area contributed by atoms with Gasteiger partial charge in [0.15, 0.2) is 5.78 Å². The van der Waals surface area contributed by atoms with Gasteiger partial charge in [0.2, 0.25) is 0 Å². The minimum atomic E-state index is -3.79. The number of fused-ring (bicyclic) bond motifs is 3. The third-order valence-electron chi connectivity index (χ3n) is 6.77. The van der Waals surface area contributed by atoms with Crippen LogP contribution in [0.25, 0.3) is 0 Å². The van der Waals surface area contributed by atoms with E-state index in [1.807, 2.05) is 44.2 Å². The number of ether oxygens (including phenoxy) is 1. The van der Waals surface area contributed by atoms with Crippen LogP contribution in [0.2, 0.25) is 0 Å². The van der Waals surface area contributed by atoms with Crippen molar-refractivity contribution >= 4 is 59.0 Å². The predicted molar refractivity (Wildman–Crippen MR) is 148 cm³/mol. The van der Waals surface area contributed by atoms with Crippen molar-refractivity contribution in [2.45, 2.75) is 37.3 Å². The predicted octanol–water partition coefficient (Wildman–Crippen LogP) is 7.10. The fourth-order valence-corrected chi connectivity index (χ4v) is 6.62. The van der Waals surface area contributed by atoms with E-state index < -0.39 is 10.0 Å². The standard InChI is InChI=1S/C27H26Br2N2O4S/c1-15(2)26(32)17-5-3-16(4-6-17)25-20-11-12-35-27(20)21-14-19(8-10-24(21)30-25)36(33,34)31-18-7-9-22(28)23(29)13-18/h3-10,13-15,20,25,27,30-31H,11-12H2,1-2H3. The molecule has 1 fully saturated rings. The van der Waals surface area contributed by atoms with Gasteiger partial charge in [-0.3, -0.25) is 9.52 Å². The van der Waals surface area contributed by atoms with Gasteiger partial charge in [-0.05, 0) is 80.2 Å². The van der Waals surface area contributed by atoms with Gasteiger partial charge in [-0.15, -0.1) is 0 Å². The molecule has 1 saturated heterocycles. The number of ketones is 1. The first-order valence-electron chi connectivity index (χ1n) is 11.8. The van der Waals surface area contributed by atoms with Gasteiger partial charge in [-0.1, -0.05) is 38.1 Å². The first-order valence-corrected chi connectivity index (χ1v) is 14.8. The zero-order chi connectivity index (χ0) is 25.6. The Hall–Kier alpha value is -2.20. The molecule has 3 aromatic rings. The Morgan fingerprint density at radius 3 is 2.47 bits per heavy atom. The Bertz CT molecular complexity index is 1420. The second-order valence-electron chi connectivity index (χ2n) is 9.49. The Morgan fingerprint density at radius 2 is 1.78 bits per heavy atom. The largest absolute Gasteiger partial charge is 0.378 e. The molecule has 3 atom stereocenters. The maximum absolute atomic E-state index is 13.2. The van der Waals surface area contributed by atoms with E-state index in [2.05, 4.69) is 41.9 Å². The lowest BCUT2D eigenvalue weighted by molar-refractivity contribution is 0.0827. The van der Waals surface area contributed by atoms with Crippen LogP contribution in [0.1, 0.15) is 53.9 Å². The zero-order valence-electron chi connectivity index (χ0n) is 19.8. The normalized spacial score (nSPS) is 21.0. The molecule has 0 amide bonds. The highest BCUT2D eigenvalue weighted by Gasteiger charge is 2.42. The summed E-state index contributed by atoms with van der Waals surface area (Å²) < 4.78 is 36.7. The molecule has 0 bridgehead atoms. The number of halogens is 2. The summed E-state index contributed by atoms with van der Waals surface area (Å²) in [6.45, 7) is 4.41. The van der Waals surface area contributed by atoms with Gasteiger partial charge in [0.05, 0.1) is 22.7 Å². The Kier molecular flexibility index (Phi) is 7.02. The summed E-state index contributed by atoms with van der Waals surface area (Å²) in [4.78, 5) is 12.5. The van der Waals surface area contributed by atoms with E-state index in [0.717, 1.165) is 32.2 Å². The van der Waals surface area contributed by atoms with Crippen LogP contribution >= 0.6 is 31.9 Å². The highest BCUT2D eigenvalue weighted by molar-refractivity contribution is 9.13. The smallest absolute Gasteiger partial charge is 0.261 e. The molecule has 2 aliphatic heterocycles.